The molecule has 0 aliphatic heterocycles. The third-order valence-corrected chi connectivity index (χ3v) is 5.37. The summed E-state index contributed by atoms with van der Waals surface area (Å²) in [5, 5.41) is 2.90. The number of nitrogens with one attached hydrogen (secondary N) is 1. The Labute approximate surface area is 200 Å². The first-order valence-corrected chi connectivity index (χ1v) is 11.3. The Morgan fingerprint density at radius 2 is 1.35 bits per heavy atom. The smallest absolute Gasteiger partial charge is 0.323 e. The molecule has 0 aromatic heterocycles. The van der Waals surface area contributed by atoms with E-state index in [2.05, 4.69) is 5.32 Å². The number of carbonyl (C=O) groups excluding carboxylic acids is 2. The van der Waals surface area contributed by atoms with Crippen molar-refractivity contribution in [3.8, 4) is 11.5 Å². The third-order valence-electron chi connectivity index (χ3n) is 5.37. The molecule has 0 aliphatic rings. The number of hydrogen-bond donors (Lipinski definition) is 3. The van der Waals surface area contributed by atoms with Crippen LogP contribution in [0.4, 0.5) is 0 Å². The fourth-order valence-electron chi connectivity index (χ4n) is 3.30. The average molecular weight is 462 g/mol. The molecule has 34 heavy (non-hydrogen) atoms. The van der Waals surface area contributed by atoms with Crippen molar-refractivity contribution in [2.75, 3.05) is 0 Å². The number of amides is 1. The molecule has 0 heterocycles. The van der Waals surface area contributed by atoms with Gasteiger partial charge in [0, 0.05) is 0 Å². The van der Waals surface area contributed by atoms with Crippen LogP contribution in [-0.2, 0) is 20.9 Å². The normalized spacial score (nSPS) is 13.4. The lowest BCUT2D eigenvalue weighted by Gasteiger charge is -2.19. The van der Waals surface area contributed by atoms with Gasteiger partial charge in [-0.2, -0.15) is 0 Å². The van der Waals surface area contributed by atoms with Crippen molar-refractivity contribution in [1.29, 1.82) is 0 Å². The summed E-state index contributed by atoms with van der Waals surface area (Å²) in [6, 6.07) is 24.5. The Kier molecular flexibility index (Phi) is 9.20. The van der Waals surface area contributed by atoms with Crippen LogP contribution in [0.3, 0.4) is 0 Å². The number of esters is 1. The molecule has 0 bridgehead atoms. The molecular weight excluding hydrogens is 430 g/mol. The van der Waals surface area contributed by atoms with Gasteiger partial charge in [-0.3, -0.25) is 9.59 Å². The van der Waals surface area contributed by atoms with Gasteiger partial charge >= 0.3 is 5.97 Å². The van der Waals surface area contributed by atoms with Gasteiger partial charge in [0.1, 0.15) is 24.1 Å². The number of benzene rings is 3. The maximum absolute atomic E-state index is 12.5. The van der Waals surface area contributed by atoms with Crippen LogP contribution in [0, 0.1) is 0 Å². The molecule has 0 spiro atoms. The van der Waals surface area contributed by atoms with E-state index in [1.807, 2.05) is 91.9 Å². The molecule has 0 saturated carbocycles. The van der Waals surface area contributed by atoms with E-state index in [1.165, 1.54) is 0 Å². The molecule has 1 unspecified atom stereocenters. The number of nitrogens with two attached hydrogens (primary N) is 2. The van der Waals surface area contributed by atoms with Crippen molar-refractivity contribution in [3.05, 3.63) is 96.1 Å². The van der Waals surface area contributed by atoms with E-state index in [0.29, 0.717) is 5.75 Å². The summed E-state index contributed by atoms with van der Waals surface area (Å²) < 4.78 is 11.0. The molecular formula is C27H31N3O4. The van der Waals surface area contributed by atoms with E-state index in [-0.39, 0.29) is 31.4 Å². The zero-order chi connectivity index (χ0) is 24.3. The molecule has 5 N–H and O–H groups in total. The van der Waals surface area contributed by atoms with Crippen molar-refractivity contribution in [3.63, 3.8) is 0 Å². The van der Waals surface area contributed by atoms with Crippen molar-refractivity contribution in [1.82, 2.24) is 5.32 Å². The van der Waals surface area contributed by atoms with Crippen molar-refractivity contribution >= 4 is 11.9 Å². The van der Waals surface area contributed by atoms with Gasteiger partial charge < -0.3 is 26.3 Å². The number of carbonyl (C=O) groups is 2. The molecule has 3 rings (SSSR count). The van der Waals surface area contributed by atoms with Gasteiger partial charge in [0.2, 0.25) is 5.91 Å². The highest BCUT2D eigenvalue weighted by Crippen LogP contribution is 2.23. The van der Waals surface area contributed by atoms with Gasteiger partial charge in [0.15, 0.2) is 0 Å². The van der Waals surface area contributed by atoms with Crippen LogP contribution in [0.1, 0.15) is 36.9 Å². The Bertz CT molecular complexity index is 1040. The van der Waals surface area contributed by atoms with Gasteiger partial charge in [-0.1, -0.05) is 60.7 Å². The van der Waals surface area contributed by atoms with Crippen molar-refractivity contribution in [2.24, 2.45) is 11.5 Å². The van der Waals surface area contributed by atoms with Gasteiger partial charge in [-0.15, -0.1) is 0 Å². The Balaban J connectivity index is 1.41. The summed E-state index contributed by atoms with van der Waals surface area (Å²) in [6.45, 7) is 2.04. The second-order valence-electron chi connectivity index (χ2n) is 8.10. The fraction of sp³-hybridized carbons (Fsp3) is 0.259. The summed E-state index contributed by atoms with van der Waals surface area (Å²) in [5.74, 6) is 0.646. The van der Waals surface area contributed by atoms with Gasteiger partial charge in [0.05, 0.1) is 12.1 Å². The molecule has 3 aromatic carbocycles. The number of hydrogen-bond acceptors (Lipinski definition) is 6. The number of rotatable bonds is 11. The average Bonchev–Trinajstić information content (AvgIpc) is 2.87. The van der Waals surface area contributed by atoms with E-state index in [1.54, 1.807) is 0 Å². The van der Waals surface area contributed by atoms with E-state index < -0.39 is 18.1 Å². The van der Waals surface area contributed by atoms with Crippen LogP contribution in [0.2, 0.25) is 0 Å². The maximum Gasteiger partial charge on any atom is 0.323 e. The molecule has 3 atom stereocenters. The fourth-order valence-corrected chi connectivity index (χ4v) is 3.30. The molecule has 1 amide bonds. The first-order chi connectivity index (χ1) is 16.4. The lowest BCUT2D eigenvalue weighted by atomic mass is 10.0. The van der Waals surface area contributed by atoms with E-state index in [4.69, 9.17) is 20.9 Å². The first kappa shape index (κ1) is 25.0. The topological polar surface area (TPSA) is 117 Å². The summed E-state index contributed by atoms with van der Waals surface area (Å²) in [4.78, 5) is 24.6. The van der Waals surface area contributed by atoms with Gasteiger partial charge in [-0.05, 0) is 55.2 Å². The molecule has 0 fully saturated rings. The second kappa shape index (κ2) is 12.5. The summed E-state index contributed by atoms with van der Waals surface area (Å²) in [7, 11) is 0. The largest absolute Gasteiger partial charge is 0.460 e. The van der Waals surface area contributed by atoms with Crippen LogP contribution >= 0.6 is 0 Å². The highest BCUT2D eigenvalue weighted by atomic mass is 16.5. The summed E-state index contributed by atoms with van der Waals surface area (Å²) in [5.41, 5.74) is 13.7. The highest BCUT2D eigenvalue weighted by molar-refractivity contribution is 5.82. The molecule has 178 valence electrons. The summed E-state index contributed by atoms with van der Waals surface area (Å²) >= 11 is 0. The predicted octanol–water partition coefficient (Wildman–Crippen LogP) is 3.83. The zero-order valence-electron chi connectivity index (χ0n) is 19.2. The van der Waals surface area contributed by atoms with Crippen molar-refractivity contribution < 1.29 is 19.1 Å². The minimum Gasteiger partial charge on any atom is -0.460 e. The minimum atomic E-state index is -0.836. The van der Waals surface area contributed by atoms with E-state index in [9.17, 15) is 9.59 Å². The standard InChI is InChI=1S/C27H31N3O4/c1-19(21-12-14-23(15-13-21)34-22-10-6-3-7-11-22)30-26(31)24(28)16-17-25(29)27(32)33-18-20-8-4-2-5-9-20/h2-15,19,24-25H,16-18,28-29H2,1H3,(H,30,31)/t19?,24-,25+/m1/s1. The lowest BCUT2D eigenvalue weighted by molar-refractivity contribution is -0.146. The van der Waals surface area contributed by atoms with E-state index in [0.717, 1.165) is 16.9 Å². The zero-order valence-corrected chi connectivity index (χ0v) is 19.2. The third kappa shape index (κ3) is 7.72. The maximum atomic E-state index is 12.5. The lowest BCUT2D eigenvalue weighted by Crippen LogP contribution is -2.43. The van der Waals surface area contributed by atoms with Gasteiger partial charge in [-0.25, -0.2) is 0 Å². The first-order valence-electron chi connectivity index (χ1n) is 11.3. The summed E-state index contributed by atoms with van der Waals surface area (Å²) in [6.07, 6.45) is 0.520. The van der Waals surface area contributed by atoms with Gasteiger partial charge in [0.25, 0.3) is 0 Å². The Hall–Kier alpha value is -3.68. The predicted molar refractivity (Wildman–Crippen MR) is 131 cm³/mol. The number of para-hydroxylation sites is 1. The Morgan fingerprint density at radius 1 is 0.794 bits per heavy atom. The molecule has 7 nitrogen and oxygen atoms in total. The molecule has 0 radical (unpaired) electrons. The molecule has 0 aliphatic carbocycles. The van der Waals surface area contributed by atoms with Crippen molar-refractivity contribution in [2.45, 2.75) is 44.5 Å². The van der Waals surface area contributed by atoms with Crippen LogP contribution in [0.25, 0.3) is 0 Å². The van der Waals surface area contributed by atoms with Crippen LogP contribution in [0.5, 0.6) is 11.5 Å². The number of ether oxygens (including phenoxy) is 2. The minimum absolute atomic E-state index is 0.159. The van der Waals surface area contributed by atoms with Crippen LogP contribution in [0.15, 0.2) is 84.9 Å². The van der Waals surface area contributed by atoms with Crippen LogP contribution in [-0.4, -0.2) is 24.0 Å². The van der Waals surface area contributed by atoms with Crippen LogP contribution < -0.4 is 21.5 Å². The van der Waals surface area contributed by atoms with E-state index >= 15 is 0 Å². The molecule has 7 heteroatoms. The monoisotopic (exact) mass is 461 g/mol. The highest BCUT2D eigenvalue weighted by Gasteiger charge is 2.21. The molecule has 3 aromatic rings. The SMILES string of the molecule is CC(NC(=O)[C@H](N)CC[C@H](N)C(=O)OCc1ccccc1)c1ccc(Oc2ccccc2)cc1. The quantitative estimate of drug-likeness (QED) is 0.374. The Morgan fingerprint density at radius 3 is 2.00 bits per heavy atom. The molecule has 0 saturated heterocycles. The second-order valence-corrected chi connectivity index (χ2v) is 8.10.